The van der Waals surface area contributed by atoms with Crippen molar-refractivity contribution in [3.63, 3.8) is 0 Å². The second-order valence-corrected chi connectivity index (χ2v) is 9.96. The van der Waals surface area contributed by atoms with E-state index in [9.17, 15) is 0 Å². The lowest BCUT2D eigenvalue weighted by Crippen LogP contribution is -2.10. The van der Waals surface area contributed by atoms with Gasteiger partial charge >= 0.3 is 0 Å². The van der Waals surface area contributed by atoms with Crippen molar-refractivity contribution in [3.05, 3.63) is 105 Å². The summed E-state index contributed by atoms with van der Waals surface area (Å²) in [7, 11) is 0. The van der Waals surface area contributed by atoms with Gasteiger partial charge in [-0.15, -0.1) is 37.9 Å². The standard InChI is InChI=1S/C27H27N3S3/c1-16-4-7-19(22(31)10-16)13-25-28-26(14-20-8-5-17(2)11-23(20)32)30-27(29-25)15-21-9-6-18(3)12-24(21)33/h4-12,31-33H,13-15H2,1-3H3. The van der Waals surface area contributed by atoms with E-state index in [-0.39, 0.29) is 0 Å². The Morgan fingerprint density at radius 3 is 1.00 bits per heavy atom. The number of benzene rings is 3. The van der Waals surface area contributed by atoms with Crippen molar-refractivity contribution in [1.82, 2.24) is 15.0 Å². The normalized spacial score (nSPS) is 11.1. The first-order chi connectivity index (χ1) is 15.8. The van der Waals surface area contributed by atoms with Gasteiger partial charge < -0.3 is 0 Å². The van der Waals surface area contributed by atoms with Gasteiger partial charge in [0.05, 0.1) is 0 Å². The lowest BCUT2D eigenvalue weighted by Gasteiger charge is -2.11. The molecule has 0 aliphatic rings. The molecule has 33 heavy (non-hydrogen) atoms. The Morgan fingerprint density at radius 1 is 0.485 bits per heavy atom. The predicted molar refractivity (Wildman–Crippen MR) is 144 cm³/mol. The lowest BCUT2D eigenvalue weighted by molar-refractivity contribution is 0.787. The van der Waals surface area contributed by atoms with Crippen molar-refractivity contribution < 1.29 is 0 Å². The Labute approximate surface area is 212 Å². The highest BCUT2D eigenvalue weighted by Crippen LogP contribution is 2.22. The molecule has 4 aromatic rings. The predicted octanol–water partition coefficient (Wildman–Crippen LogP) is 6.44. The van der Waals surface area contributed by atoms with Crippen molar-refractivity contribution in [2.75, 3.05) is 0 Å². The summed E-state index contributed by atoms with van der Waals surface area (Å²) in [6.07, 6.45) is 1.81. The van der Waals surface area contributed by atoms with Crippen molar-refractivity contribution in [2.24, 2.45) is 0 Å². The minimum Gasteiger partial charge on any atom is -0.217 e. The van der Waals surface area contributed by atoms with E-state index in [1.807, 2.05) is 0 Å². The van der Waals surface area contributed by atoms with Crippen LogP contribution in [0.3, 0.4) is 0 Å². The molecule has 1 heterocycles. The minimum absolute atomic E-state index is 0.602. The van der Waals surface area contributed by atoms with E-state index in [0.29, 0.717) is 19.3 Å². The van der Waals surface area contributed by atoms with Crippen LogP contribution in [0.4, 0.5) is 0 Å². The van der Waals surface area contributed by atoms with Crippen LogP contribution in [0.25, 0.3) is 0 Å². The van der Waals surface area contributed by atoms with Crippen molar-refractivity contribution in [3.8, 4) is 0 Å². The average Bonchev–Trinajstić information content (AvgIpc) is 2.74. The van der Waals surface area contributed by atoms with E-state index in [4.69, 9.17) is 15.0 Å². The molecule has 0 bridgehead atoms. The molecule has 0 fully saturated rings. The minimum atomic E-state index is 0.602. The maximum absolute atomic E-state index is 4.82. The smallest absolute Gasteiger partial charge is 0.137 e. The van der Waals surface area contributed by atoms with Gasteiger partial charge in [0.1, 0.15) is 17.5 Å². The highest BCUT2D eigenvalue weighted by Gasteiger charge is 2.13. The highest BCUT2D eigenvalue weighted by molar-refractivity contribution is 7.80. The lowest BCUT2D eigenvalue weighted by atomic mass is 10.1. The van der Waals surface area contributed by atoms with E-state index in [0.717, 1.165) is 48.9 Å². The van der Waals surface area contributed by atoms with Crippen LogP contribution in [0, 0.1) is 20.8 Å². The fourth-order valence-corrected chi connectivity index (χ4v) is 4.81. The van der Waals surface area contributed by atoms with Gasteiger partial charge in [0, 0.05) is 33.9 Å². The molecule has 0 radical (unpaired) electrons. The van der Waals surface area contributed by atoms with Crippen LogP contribution in [-0.4, -0.2) is 15.0 Å². The van der Waals surface area contributed by atoms with Gasteiger partial charge in [-0.2, -0.15) is 0 Å². The molecule has 0 aliphatic heterocycles. The zero-order chi connectivity index (χ0) is 23.5. The molecule has 4 rings (SSSR count). The topological polar surface area (TPSA) is 38.7 Å². The van der Waals surface area contributed by atoms with Crippen LogP contribution < -0.4 is 0 Å². The van der Waals surface area contributed by atoms with E-state index >= 15 is 0 Å². The van der Waals surface area contributed by atoms with Gasteiger partial charge in [-0.1, -0.05) is 53.1 Å². The number of aryl methyl sites for hydroxylation is 3. The van der Waals surface area contributed by atoms with Gasteiger partial charge in [0.2, 0.25) is 0 Å². The van der Waals surface area contributed by atoms with Crippen LogP contribution in [0.2, 0.25) is 0 Å². The largest absolute Gasteiger partial charge is 0.217 e. The molecule has 0 saturated heterocycles. The summed E-state index contributed by atoms with van der Waals surface area (Å²) in [6, 6.07) is 18.8. The first-order valence-corrected chi connectivity index (χ1v) is 12.2. The molecule has 0 unspecified atom stereocenters. The summed E-state index contributed by atoms with van der Waals surface area (Å²) in [5.41, 5.74) is 6.85. The Morgan fingerprint density at radius 2 is 0.758 bits per heavy atom. The summed E-state index contributed by atoms with van der Waals surface area (Å²) < 4.78 is 0. The van der Waals surface area contributed by atoms with Gasteiger partial charge in [0.25, 0.3) is 0 Å². The number of hydrogen-bond acceptors (Lipinski definition) is 6. The summed E-state index contributed by atoms with van der Waals surface area (Å²) >= 11 is 14.0. The van der Waals surface area contributed by atoms with Crippen molar-refractivity contribution in [1.29, 1.82) is 0 Å². The first kappa shape index (κ1) is 23.9. The SMILES string of the molecule is Cc1ccc(Cc2nc(Cc3ccc(C)cc3S)nc(Cc3ccc(C)cc3S)n2)c(S)c1. The summed E-state index contributed by atoms with van der Waals surface area (Å²) in [5, 5.41) is 0. The second-order valence-electron chi connectivity index (χ2n) is 8.51. The molecule has 168 valence electrons. The fourth-order valence-electron chi connectivity index (χ4n) is 3.74. The van der Waals surface area contributed by atoms with Crippen LogP contribution in [0.15, 0.2) is 69.3 Å². The molecule has 6 heteroatoms. The summed E-state index contributed by atoms with van der Waals surface area (Å²) in [4.78, 5) is 17.3. The van der Waals surface area contributed by atoms with E-state index in [1.54, 1.807) is 0 Å². The van der Waals surface area contributed by atoms with Gasteiger partial charge in [-0.05, 0) is 55.7 Å². The van der Waals surface area contributed by atoms with Crippen LogP contribution >= 0.6 is 37.9 Å². The zero-order valence-corrected chi connectivity index (χ0v) is 21.7. The highest BCUT2D eigenvalue weighted by atomic mass is 32.1. The molecule has 0 N–H and O–H groups in total. The van der Waals surface area contributed by atoms with Crippen LogP contribution in [0.5, 0.6) is 0 Å². The van der Waals surface area contributed by atoms with E-state index in [2.05, 4.69) is 113 Å². The first-order valence-electron chi connectivity index (χ1n) is 10.8. The molecule has 0 amide bonds. The maximum atomic E-state index is 4.82. The molecule has 0 atom stereocenters. The summed E-state index contributed by atoms with van der Waals surface area (Å²) in [5.74, 6) is 2.24. The number of thiol groups is 3. The molecular formula is C27H27N3S3. The number of hydrogen-bond donors (Lipinski definition) is 3. The number of aromatic nitrogens is 3. The summed E-state index contributed by atoms with van der Waals surface area (Å²) in [6.45, 7) is 6.20. The molecule has 0 saturated carbocycles. The molecule has 1 aromatic heterocycles. The van der Waals surface area contributed by atoms with Crippen molar-refractivity contribution in [2.45, 2.75) is 54.7 Å². The van der Waals surface area contributed by atoms with Crippen LogP contribution in [-0.2, 0) is 19.3 Å². The monoisotopic (exact) mass is 489 g/mol. The Bertz CT molecular complexity index is 1150. The zero-order valence-electron chi connectivity index (χ0n) is 19.0. The third kappa shape index (κ3) is 6.19. The fraction of sp³-hybridized carbons (Fsp3) is 0.222. The molecule has 0 aliphatic carbocycles. The molecular weight excluding hydrogens is 463 g/mol. The third-order valence-electron chi connectivity index (χ3n) is 5.54. The average molecular weight is 490 g/mol. The Balaban J connectivity index is 1.71. The molecule has 0 spiro atoms. The van der Waals surface area contributed by atoms with Gasteiger partial charge in [-0.3, -0.25) is 0 Å². The van der Waals surface area contributed by atoms with Crippen molar-refractivity contribution >= 4 is 37.9 Å². The van der Waals surface area contributed by atoms with Gasteiger partial charge in [0.15, 0.2) is 0 Å². The van der Waals surface area contributed by atoms with E-state index in [1.165, 1.54) is 16.7 Å². The van der Waals surface area contributed by atoms with Crippen LogP contribution in [0.1, 0.15) is 50.9 Å². The number of rotatable bonds is 6. The molecule has 3 nitrogen and oxygen atoms in total. The number of nitrogens with zero attached hydrogens (tertiary/aromatic N) is 3. The second kappa shape index (κ2) is 10.3. The Hall–Kier alpha value is -2.28. The third-order valence-corrected chi connectivity index (χ3v) is 6.79. The van der Waals surface area contributed by atoms with Gasteiger partial charge in [-0.25, -0.2) is 15.0 Å². The Kier molecular flexibility index (Phi) is 7.47. The molecule has 3 aromatic carbocycles. The quantitative estimate of drug-likeness (QED) is 0.273. The maximum Gasteiger partial charge on any atom is 0.137 e. The van der Waals surface area contributed by atoms with E-state index < -0.39 is 0 Å².